The van der Waals surface area contributed by atoms with Crippen LogP contribution in [0.15, 0.2) is 261 Å². The summed E-state index contributed by atoms with van der Waals surface area (Å²) in [5.41, 5.74) is 19.7. The Bertz CT molecular complexity index is 4620. The summed E-state index contributed by atoms with van der Waals surface area (Å²) in [5, 5.41) is 7.20. The first-order valence-corrected chi connectivity index (χ1v) is 25.6. The van der Waals surface area contributed by atoms with Crippen LogP contribution < -0.4 is 0 Å². The molecule has 0 bridgehead atoms. The predicted octanol–water partition coefficient (Wildman–Crippen LogP) is 17.5. The van der Waals surface area contributed by atoms with Gasteiger partial charge in [-0.1, -0.05) is 140 Å². The number of para-hydroxylation sites is 3. The Balaban J connectivity index is 0.938. The third-order valence-corrected chi connectivity index (χ3v) is 15.1. The fourth-order valence-electron chi connectivity index (χ4n) is 11.7. The molecule has 6 nitrogen and oxygen atoms in total. The summed E-state index contributed by atoms with van der Waals surface area (Å²) in [4.78, 5) is 10.6. The van der Waals surface area contributed by atoms with E-state index in [-0.39, 0.29) is 0 Å². The summed E-state index contributed by atoms with van der Waals surface area (Å²) in [5.74, 6) is 0.682. The van der Waals surface area contributed by atoms with Gasteiger partial charge in [-0.15, -0.1) is 0 Å². The zero-order valence-corrected chi connectivity index (χ0v) is 41.0. The standard InChI is InChI=1S/C69H46N6/c1-45-39-50(69-70-61(46-17-7-2-8-18-46)44-62(71-69)47-19-9-3-10-20-47)41-54(40-45)75-66-32-28-49(43-60(66)56-30-34-64-58(68(56)75)36-38-73(64)52-23-13-5-14-24-52)48-27-31-65-59(42-48)55-29-33-63-57(35-37-72(63)51-21-11-4-12-22-51)67(55)74(65)53-25-15-6-16-26-53/h2-44H,1H3. The summed E-state index contributed by atoms with van der Waals surface area (Å²) in [6.45, 7) is 2.17. The van der Waals surface area contributed by atoms with Crippen LogP contribution in [0, 0.1) is 6.92 Å². The Hall–Kier alpha value is -10.0. The summed E-state index contributed by atoms with van der Waals surface area (Å²) < 4.78 is 9.49. The van der Waals surface area contributed by atoms with Gasteiger partial charge in [0.2, 0.25) is 0 Å². The molecule has 0 atom stereocenters. The Morgan fingerprint density at radius 2 is 0.707 bits per heavy atom. The van der Waals surface area contributed by atoms with Crippen molar-refractivity contribution in [2.45, 2.75) is 6.92 Å². The molecule has 5 aromatic heterocycles. The van der Waals surface area contributed by atoms with Crippen LogP contribution in [-0.2, 0) is 0 Å². The minimum atomic E-state index is 0.682. The molecule has 0 saturated carbocycles. The Labute approximate surface area is 432 Å². The number of aromatic nitrogens is 6. The second-order valence-corrected chi connectivity index (χ2v) is 19.6. The summed E-state index contributed by atoms with van der Waals surface area (Å²) in [7, 11) is 0. The van der Waals surface area contributed by atoms with Crippen LogP contribution in [-0.4, -0.2) is 28.2 Å². The maximum atomic E-state index is 5.28. The lowest BCUT2D eigenvalue weighted by molar-refractivity contribution is 1.13. The molecule has 0 N–H and O–H groups in total. The van der Waals surface area contributed by atoms with Gasteiger partial charge in [0, 0.05) is 84.2 Å². The molecule has 0 radical (unpaired) electrons. The molecule has 6 heteroatoms. The fourth-order valence-corrected chi connectivity index (χ4v) is 11.7. The van der Waals surface area contributed by atoms with Crippen LogP contribution >= 0.6 is 0 Å². The van der Waals surface area contributed by atoms with Crippen molar-refractivity contribution in [1.82, 2.24) is 28.2 Å². The zero-order chi connectivity index (χ0) is 49.6. The second-order valence-electron chi connectivity index (χ2n) is 19.6. The second kappa shape index (κ2) is 17.0. The van der Waals surface area contributed by atoms with Gasteiger partial charge in [-0.3, -0.25) is 0 Å². The quantitative estimate of drug-likeness (QED) is 0.152. The van der Waals surface area contributed by atoms with E-state index in [1.165, 1.54) is 48.9 Å². The highest BCUT2D eigenvalue weighted by Gasteiger charge is 2.22. The first kappa shape index (κ1) is 42.6. The maximum absolute atomic E-state index is 5.28. The normalized spacial score (nSPS) is 11.8. The van der Waals surface area contributed by atoms with Gasteiger partial charge < -0.3 is 18.3 Å². The smallest absolute Gasteiger partial charge is 0.160 e. The highest BCUT2D eigenvalue weighted by atomic mass is 15.0. The van der Waals surface area contributed by atoms with Crippen molar-refractivity contribution < 1.29 is 0 Å². The van der Waals surface area contributed by atoms with Crippen LogP contribution in [0.5, 0.6) is 0 Å². The van der Waals surface area contributed by atoms with Gasteiger partial charge in [-0.25, -0.2) is 9.97 Å². The molecule has 10 aromatic carbocycles. The molecule has 0 unspecified atom stereocenters. The topological polar surface area (TPSA) is 45.5 Å². The van der Waals surface area contributed by atoms with E-state index in [1.807, 2.05) is 12.1 Å². The Morgan fingerprint density at radius 3 is 1.19 bits per heavy atom. The van der Waals surface area contributed by atoms with E-state index in [0.29, 0.717) is 5.82 Å². The van der Waals surface area contributed by atoms with Gasteiger partial charge in [0.25, 0.3) is 0 Å². The SMILES string of the molecule is Cc1cc(-c2nc(-c3ccccc3)cc(-c3ccccc3)n2)cc(-n2c3ccc(-c4ccc5c(c4)c4ccc6c(ccn6-c6ccccc6)c4n5-c4ccccc4)cc3c3ccc4c(ccn4-c4ccccc4)c32)c1. The molecule has 5 heterocycles. The van der Waals surface area contributed by atoms with Crippen LogP contribution in [0.25, 0.3) is 133 Å². The molecule has 15 aromatic rings. The molecule has 75 heavy (non-hydrogen) atoms. The Kier molecular flexibility index (Phi) is 9.69. The van der Waals surface area contributed by atoms with Gasteiger partial charge in [-0.05, 0) is 133 Å². The molecule has 0 aliphatic heterocycles. The van der Waals surface area contributed by atoms with Crippen LogP contribution in [0.4, 0.5) is 0 Å². The number of hydrogen-bond donors (Lipinski definition) is 0. The highest BCUT2D eigenvalue weighted by molar-refractivity contribution is 6.21. The van der Waals surface area contributed by atoms with Crippen molar-refractivity contribution in [3.8, 4) is 67.8 Å². The number of benzene rings is 10. The van der Waals surface area contributed by atoms with Gasteiger partial charge >= 0.3 is 0 Å². The van der Waals surface area contributed by atoms with Gasteiger partial charge in [0.15, 0.2) is 5.82 Å². The lowest BCUT2D eigenvalue weighted by Crippen LogP contribution is -1.99. The van der Waals surface area contributed by atoms with Crippen molar-refractivity contribution >= 4 is 65.4 Å². The molecule has 0 aliphatic rings. The van der Waals surface area contributed by atoms with Gasteiger partial charge in [0.05, 0.1) is 44.5 Å². The first-order valence-electron chi connectivity index (χ1n) is 25.6. The average Bonchev–Trinajstić information content (AvgIpc) is 4.37. The molecule has 352 valence electrons. The van der Waals surface area contributed by atoms with E-state index >= 15 is 0 Å². The third-order valence-electron chi connectivity index (χ3n) is 15.1. The average molecular weight is 959 g/mol. The highest BCUT2D eigenvalue weighted by Crippen LogP contribution is 2.43. The van der Waals surface area contributed by atoms with E-state index in [9.17, 15) is 0 Å². The summed E-state index contributed by atoms with van der Waals surface area (Å²) in [6, 6.07) is 89.5. The molecule has 15 rings (SSSR count). The lowest BCUT2D eigenvalue weighted by Gasteiger charge is -2.14. The molecule has 0 fully saturated rings. The molecule has 0 aliphatic carbocycles. The van der Waals surface area contributed by atoms with Gasteiger partial charge in [-0.2, -0.15) is 0 Å². The minimum Gasteiger partial charge on any atom is -0.316 e. The predicted molar refractivity (Wildman–Crippen MR) is 311 cm³/mol. The van der Waals surface area contributed by atoms with Crippen molar-refractivity contribution in [3.63, 3.8) is 0 Å². The summed E-state index contributed by atoms with van der Waals surface area (Å²) in [6.07, 6.45) is 4.40. The number of fused-ring (bicyclic) bond motifs is 10. The maximum Gasteiger partial charge on any atom is 0.160 e. The lowest BCUT2D eigenvalue weighted by atomic mass is 10.00. The number of rotatable bonds is 8. The number of aryl methyl sites for hydroxylation is 1. The molecule has 0 amide bonds. The number of nitrogens with zero attached hydrogens (tertiary/aromatic N) is 6. The van der Waals surface area contributed by atoms with Crippen LogP contribution in [0.1, 0.15) is 5.56 Å². The van der Waals surface area contributed by atoms with Gasteiger partial charge in [0.1, 0.15) is 0 Å². The third kappa shape index (κ3) is 6.95. The Morgan fingerprint density at radius 1 is 0.280 bits per heavy atom. The molecule has 0 spiro atoms. The number of hydrogen-bond acceptors (Lipinski definition) is 2. The van der Waals surface area contributed by atoms with Crippen molar-refractivity contribution in [1.29, 1.82) is 0 Å². The molecule has 0 saturated heterocycles. The van der Waals surface area contributed by atoms with E-state index in [1.54, 1.807) is 0 Å². The van der Waals surface area contributed by atoms with Crippen LogP contribution in [0.3, 0.4) is 0 Å². The first-order chi connectivity index (χ1) is 37.1. The fraction of sp³-hybridized carbons (Fsp3) is 0.0145. The summed E-state index contributed by atoms with van der Waals surface area (Å²) >= 11 is 0. The van der Waals surface area contributed by atoms with E-state index in [0.717, 1.165) is 84.1 Å². The van der Waals surface area contributed by atoms with Crippen molar-refractivity contribution in [2.75, 3.05) is 0 Å². The van der Waals surface area contributed by atoms with E-state index in [4.69, 9.17) is 9.97 Å². The molecular formula is C69H46N6. The molecular weight excluding hydrogens is 913 g/mol. The monoisotopic (exact) mass is 958 g/mol. The van der Waals surface area contributed by atoms with E-state index < -0.39 is 0 Å². The van der Waals surface area contributed by atoms with E-state index in [2.05, 4.69) is 274 Å². The zero-order valence-electron chi connectivity index (χ0n) is 41.0. The minimum absolute atomic E-state index is 0.682. The largest absolute Gasteiger partial charge is 0.316 e. The van der Waals surface area contributed by atoms with Crippen molar-refractivity contribution in [3.05, 3.63) is 267 Å². The van der Waals surface area contributed by atoms with Crippen LogP contribution in [0.2, 0.25) is 0 Å². The van der Waals surface area contributed by atoms with Crippen molar-refractivity contribution in [2.24, 2.45) is 0 Å².